The number of anilines is 3. The minimum Gasteiger partial charge on any atom is -0.491 e. The predicted molar refractivity (Wildman–Crippen MR) is 88.8 cm³/mol. The average molecular weight is 335 g/mol. The summed E-state index contributed by atoms with van der Waals surface area (Å²) < 4.78 is 6.73. The first kappa shape index (κ1) is 14.7. The van der Waals surface area contributed by atoms with Gasteiger partial charge in [0.05, 0.1) is 12.3 Å². The number of rotatable bonds is 5. The van der Waals surface area contributed by atoms with Gasteiger partial charge in [-0.2, -0.15) is 0 Å². The van der Waals surface area contributed by atoms with Crippen molar-refractivity contribution in [1.29, 1.82) is 0 Å². The summed E-state index contributed by atoms with van der Waals surface area (Å²) in [5.74, 6) is 0.726. The summed E-state index contributed by atoms with van der Waals surface area (Å²) in [6.45, 7) is 4.81. The Hall–Kier alpha value is -1.68. The molecule has 2 rings (SSSR count). The normalized spacial score (nSPS) is 10.3. The van der Waals surface area contributed by atoms with E-state index >= 15 is 0 Å². The van der Waals surface area contributed by atoms with Gasteiger partial charge in [-0.25, -0.2) is 0 Å². The molecule has 3 nitrogen and oxygen atoms in total. The van der Waals surface area contributed by atoms with Gasteiger partial charge in [0.15, 0.2) is 0 Å². The van der Waals surface area contributed by atoms with Gasteiger partial charge in [0.2, 0.25) is 0 Å². The molecule has 0 fully saturated rings. The number of hydrogen-bond acceptors (Lipinski definition) is 3. The van der Waals surface area contributed by atoms with Crippen LogP contribution in [0.1, 0.15) is 18.9 Å². The molecule has 106 valence electrons. The van der Waals surface area contributed by atoms with Crippen molar-refractivity contribution in [3.05, 3.63) is 46.4 Å². The molecule has 2 aromatic carbocycles. The molecule has 0 unspecified atom stereocenters. The Morgan fingerprint density at radius 3 is 2.80 bits per heavy atom. The number of halogens is 1. The van der Waals surface area contributed by atoms with Crippen LogP contribution < -0.4 is 15.8 Å². The van der Waals surface area contributed by atoms with Crippen LogP contribution in [0.5, 0.6) is 5.75 Å². The molecule has 0 saturated carbocycles. The van der Waals surface area contributed by atoms with Crippen molar-refractivity contribution < 1.29 is 4.74 Å². The minimum absolute atomic E-state index is 0.662. The highest BCUT2D eigenvalue weighted by Crippen LogP contribution is 2.30. The van der Waals surface area contributed by atoms with Crippen molar-refractivity contribution in [1.82, 2.24) is 0 Å². The van der Waals surface area contributed by atoms with E-state index in [-0.39, 0.29) is 0 Å². The second-order valence-electron chi connectivity index (χ2n) is 4.64. The maximum absolute atomic E-state index is 5.92. The van der Waals surface area contributed by atoms with Gasteiger partial charge in [-0.15, -0.1) is 0 Å². The zero-order valence-electron chi connectivity index (χ0n) is 11.7. The van der Waals surface area contributed by atoms with Crippen molar-refractivity contribution >= 4 is 33.0 Å². The van der Waals surface area contributed by atoms with Crippen molar-refractivity contribution in [2.24, 2.45) is 0 Å². The first-order chi connectivity index (χ1) is 9.61. The monoisotopic (exact) mass is 334 g/mol. The minimum atomic E-state index is 0.662. The number of nitrogen functional groups attached to an aromatic ring is 1. The molecule has 0 radical (unpaired) electrons. The molecule has 0 aliphatic carbocycles. The molecule has 3 N–H and O–H groups in total. The Labute approximate surface area is 128 Å². The highest BCUT2D eigenvalue weighted by molar-refractivity contribution is 9.10. The Bertz CT molecular complexity index is 599. The zero-order valence-corrected chi connectivity index (χ0v) is 13.3. The van der Waals surface area contributed by atoms with Crippen LogP contribution in [0, 0.1) is 6.92 Å². The molecule has 4 heteroatoms. The Balaban J connectivity index is 2.23. The largest absolute Gasteiger partial charge is 0.491 e. The fourth-order valence-corrected chi connectivity index (χ4v) is 2.21. The van der Waals surface area contributed by atoms with Crippen LogP contribution in [-0.4, -0.2) is 6.61 Å². The van der Waals surface area contributed by atoms with Gasteiger partial charge in [-0.1, -0.05) is 28.9 Å². The molecule has 0 atom stereocenters. The van der Waals surface area contributed by atoms with Gasteiger partial charge in [-0.05, 0) is 43.2 Å². The predicted octanol–water partition coefficient (Wildman–Crippen LogP) is 4.87. The van der Waals surface area contributed by atoms with E-state index < -0.39 is 0 Å². The van der Waals surface area contributed by atoms with Crippen molar-refractivity contribution in [3.8, 4) is 5.75 Å². The molecule has 0 spiro atoms. The van der Waals surface area contributed by atoms with Crippen molar-refractivity contribution in [2.45, 2.75) is 20.3 Å². The molecule has 0 aliphatic rings. The van der Waals surface area contributed by atoms with E-state index in [2.05, 4.69) is 35.1 Å². The first-order valence-electron chi connectivity index (χ1n) is 6.66. The fourth-order valence-electron chi connectivity index (χ4n) is 1.85. The van der Waals surface area contributed by atoms with Gasteiger partial charge in [-0.3, -0.25) is 0 Å². The van der Waals surface area contributed by atoms with Gasteiger partial charge in [0, 0.05) is 21.9 Å². The van der Waals surface area contributed by atoms with Crippen molar-refractivity contribution in [2.75, 3.05) is 17.7 Å². The summed E-state index contributed by atoms with van der Waals surface area (Å²) in [5.41, 5.74) is 9.77. The lowest BCUT2D eigenvalue weighted by atomic mass is 10.2. The molecule has 0 aliphatic heterocycles. The summed E-state index contributed by atoms with van der Waals surface area (Å²) in [5, 5.41) is 3.39. The quantitative estimate of drug-likeness (QED) is 0.766. The molecule has 0 saturated heterocycles. The second-order valence-corrected chi connectivity index (χ2v) is 5.49. The number of nitrogens with two attached hydrogens (primary N) is 1. The number of benzene rings is 2. The molecule has 0 heterocycles. The SMILES string of the molecule is CCCOc1cc(Nc2cccc(Br)c2C)ccc1N. The maximum atomic E-state index is 5.92. The van der Waals surface area contributed by atoms with Gasteiger partial charge >= 0.3 is 0 Å². The van der Waals surface area contributed by atoms with E-state index in [0.29, 0.717) is 12.3 Å². The Kier molecular flexibility index (Phi) is 4.90. The van der Waals surface area contributed by atoms with E-state index in [1.54, 1.807) is 0 Å². The first-order valence-corrected chi connectivity index (χ1v) is 7.45. The number of ether oxygens (including phenoxy) is 1. The van der Waals surface area contributed by atoms with Gasteiger partial charge in [0.25, 0.3) is 0 Å². The zero-order chi connectivity index (χ0) is 14.5. The molecule has 0 bridgehead atoms. The van der Waals surface area contributed by atoms with E-state index in [0.717, 1.165) is 28.0 Å². The molecular weight excluding hydrogens is 316 g/mol. The molecular formula is C16H19BrN2O. The van der Waals surface area contributed by atoms with Crippen LogP contribution >= 0.6 is 15.9 Å². The second kappa shape index (κ2) is 6.66. The highest BCUT2D eigenvalue weighted by Gasteiger charge is 2.05. The standard InChI is InChI=1S/C16H19BrN2O/c1-3-9-20-16-10-12(7-8-14(16)18)19-15-6-4-5-13(17)11(15)2/h4-8,10,19H,3,9,18H2,1-2H3. The average Bonchev–Trinajstić information content (AvgIpc) is 2.44. The van der Waals surface area contributed by atoms with Crippen LogP contribution in [0.25, 0.3) is 0 Å². The van der Waals surface area contributed by atoms with Crippen LogP contribution in [0.3, 0.4) is 0 Å². The lowest BCUT2D eigenvalue weighted by Gasteiger charge is -2.13. The lowest BCUT2D eigenvalue weighted by molar-refractivity contribution is 0.319. The lowest BCUT2D eigenvalue weighted by Crippen LogP contribution is -2.00. The molecule has 20 heavy (non-hydrogen) atoms. The van der Waals surface area contributed by atoms with E-state index in [9.17, 15) is 0 Å². The maximum Gasteiger partial charge on any atom is 0.144 e. The topological polar surface area (TPSA) is 47.3 Å². The Morgan fingerprint density at radius 2 is 2.05 bits per heavy atom. The van der Waals surface area contributed by atoms with Crippen LogP contribution in [0.2, 0.25) is 0 Å². The summed E-state index contributed by atoms with van der Waals surface area (Å²) in [4.78, 5) is 0. The summed E-state index contributed by atoms with van der Waals surface area (Å²) in [6.07, 6.45) is 0.960. The summed E-state index contributed by atoms with van der Waals surface area (Å²) in [6, 6.07) is 11.8. The molecule has 2 aromatic rings. The van der Waals surface area contributed by atoms with E-state index in [1.807, 2.05) is 36.4 Å². The third kappa shape index (κ3) is 3.45. The van der Waals surface area contributed by atoms with Crippen molar-refractivity contribution in [3.63, 3.8) is 0 Å². The van der Waals surface area contributed by atoms with E-state index in [1.165, 1.54) is 5.56 Å². The molecule has 0 amide bonds. The third-order valence-electron chi connectivity index (χ3n) is 3.02. The summed E-state index contributed by atoms with van der Waals surface area (Å²) >= 11 is 3.54. The highest BCUT2D eigenvalue weighted by atomic mass is 79.9. The molecule has 0 aromatic heterocycles. The van der Waals surface area contributed by atoms with Crippen LogP contribution in [0.15, 0.2) is 40.9 Å². The smallest absolute Gasteiger partial charge is 0.144 e. The number of hydrogen-bond donors (Lipinski definition) is 2. The van der Waals surface area contributed by atoms with Crippen LogP contribution in [0.4, 0.5) is 17.1 Å². The fraction of sp³-hybridized carbons (Fsp3) is 0.250. The van der Waals surface area contributed by atoms with Crippen LogP contribution in [-0.2, 0) is 0 Å². The number of nitrogens with one attached hydrogen (secondary N) is 1. The third-order valence-corrected chi connectivity index (χ3v) is 3.88. The Morgan fingerprint density at radius 1 is 1.25 bits per heavy atom. The van der Waals surface area contributed by atoms with Gasteiger partial charge < -0.3 is 15.8 Å². The van der Waals surface area contributed by atoms with Gasteiger partial charge in [0.1, 0.15) is 5.75 Å². The summed E-state index contributed by atoms with van der Waals surface area (Å²) in [7, 11) is 0. The van der Waals surface area contributed by atoms with E-state index in [4.69, 9.17) is 10.5 Å².